The van der Waals surface area contributed by atoms with Crippen LogP contribution in [0.3, 0.4) is 0 Å². The molecule has 7 nitrogen and oxygen atoms in total. The van der Waals surface area contributed by atoms with Crippen molar-refractivity contribution < 1.29 is 9.53 Å². The van der Waals surface area contributed by atoms with Crippen molar-refractivity contribution in [2.75, 3.05) is 0 Å². The van der Waals surface area contributed by atoms with Gasteiger partial charge >= 0.3 is 6.09 Å². The molecule has 0 bridgehead atoms. The van der Waals surface area contributed by atoms with Crippen molar-refractivity contribution in [3.8, 4) is 11.3 Å². The molecule has 0 unspecified atom stereocenters. The second kappa shape index (κ2) is 5.59. The Labute approximate surface area is 148 Å². The van der Waals surface area contributed by atoms with Crippen molar-refractivity contribution >= 4 is 22.6 Å². The van der Waals surface area contributed by atoms with E-state index in [1.807, 2.05) is 45.0 Å². The van der Waals surface area contributed by atoms with Crippen molar-refractivity contribution in [1.29, 1.82) is 0 Å². The largest absolute Gasteiger partial charge is 0.443 e. The summed E-state index contributed by atoms with van der Waals surface area (Å²) in [5.74, 6) is 0. The molecule has 132 valence electrons. The third-order valence-corrected chi connectivity index (χ3v) is 3.95. The van der Waals surface area contributed by atoms with Gasteiger partial charge in [-0.1, -0.05) is 12.1 Å². The highest BCUT2D eigenvalue weighted by Gasteiger charge is 2.21. The number of nitrogens with zero attached hydrogens (tertiary/aromatic N) is 3. The third kappa shape index (κ3) is 2.67. The van der Waals surface area contributed by atoms with Crippen LogP contribution < -0.4 is 5.56 Å². The highest BCUT2D eigenvalue weighted by atomic mass is 16.6. The van der Waals surface area contributed by atoms with Crippen LogP contribution in [0.25, 0.3) is 27.8 Å². The van der Waals surface area contributed by atoms with Gasteiger partial charge in [0.15, 0.2) is 0 Å². The Kier molecular flexibility index (Phi) is 3.47. The van der Waals surface area contributed by atoms with E-state index in [1.54, 1.807) is 23.0 Å². The Morgan fingerprint density at radius 2 is 1.92 bits per heavy atom. The topological polar surface area (TPSA) is 81.4 Å². The molecule has 0 atom stereocenters. The number of fused-ring (bicyclic) bond motifs is 3. The predicted molar refractivity (Wildman–Crippen MR) is 98.4 cm³/mol. The van der Waals surface area contributed by atoms with Crippen LogP contribution in [0.2, 0.25) is 0 Å². The Balaban J connectivity index is 1.95. The predicted octanol–water partition coefficient (Wildman–Crippen LogP) is 3.43. The van der Waals surface area contributed by atoms with E-state index in [2.05, 4.69) is 10.1 Å². The molecular formula is C19H18N4O3. The lowest BCUT2D eigenvalue weighted by molar-refractivity contribution is 0.0540. The number of aromatic nitrogens is 4. The monoisotopic (exact) mass is 350 g/mol. The zero-order valence-electron chi connectivity index (χ0n) is 14.7. The lowest BCUT2D eigenvalue weighted by atomic mass is 10.1. The van der Waals surface area contributed by atoms with Crippen LogP contribution in [0.15, 0.2) is 53.6 Å². The van der Waals surface area contributed by atoms with Crippen molar-refractivity contribution in [1.82, 2.24) is 19.2 Å². The standard InChI is InChI=1S/C19H18N4O3/c1-19(2,3)26-18(25)22-10-5-8-14(22)12-6-4-7-13-16(12)17-20-15(24)9-11-23(17)21-13/h4-11H,1-3H3,(H,20,24). The third-order valence-electron chi connectivity index (χ3n) is 3.95. The molecule has 0 radical (unpaired) electrons. The van der Waals surface area contributed by atoms with Gasteiger partial charge in [0, 0.05) is 24.0 Å². The van der Waals surface area contributed by atoms with Gasteiger partial charge in [-0.05, 0) is 39.0 Å². The number of carbonyl (C=O) groups is 1. The summed E-state index contributed by atoms with van der Waals surface area (Å²) in [4.78, 5) is 27.2. The average Bonchev–Trinajstić information content (AvgIpc) is 3.17. The van der Waals surface area contributed by atoms with E-state index >= 15 is 0 Å². The average molecular weight is 350 g/mol. The summed E-state index contributed by atoms with van der Waals surface area (Å²) in [6, 6.07) is 10.7. The number of aromatic amines is 1. The van der Waals surface area contributed by atoms with Gasteiger partial charge in [0.25, 0.3) is 5.56 Å². The van der Waals surface area contributed by atoms with Crippen LogP contribution in [0.4, 0.5) is 4.79 Å². The summed E-state index contributed by atoms with van der Waals surface area (Å²) in [6.07, 6.45) is 2.82. The molecule has 3 aromatic heterocycles. The first-order valence-corrected chi connectivity index (χ1v) is 8.25. The molecule has 4 rings (SSSR count). The van der Waals surface area contributed by atoms with E-state index in [9.17, 15) is 9.59 Å². The first-order valence-electron chi connectivity index (χ1n) is 8.25. The van der Waals surface area contributed by atoms with Gasteiger partial charge in [-0.15, -0.1) is 0 Å². The molecule has 3 heterocycles. The first-order chi connectivity index (χ1) is 12.3. The molecule has 1 aromatic carbocycles. The molecule has 26 heavy (non-hydrogen) atoms. The van der Waals surface area contributed by atoms with Crippen LogP contribution in [0, 0.1) is 0 Å². The number of carbonyl (C=O) groups excluding carboxylic acids is 1. The quantitative estimate of drug-likeness (QED) is 0.570. The number of H-pyrrole nitrogens is 1. The lowest BCUT2D eigenvalue weighted by Crippen LogP contribution is -2.27. The number of hydrogen-bond acceptors (Lipinski definition) is 4. The van der Waals surface area contributed by atoms with Crippen LogP contribution >= 0.6 is 0 Å². The van der Waals surface area contributed by atoms with Crippen molar-refractivity contribution in [3.05, 3.63) is 59.1 Å². The fourth-order valence-electron chi connectivity index (χ4n) is 2.96. The number of hydrogen-bond donors (Lipinski definition) is 1. The maximum absolute atomic E-state index is 12.6. The molecule has 0 aliphatic heterocycles. The summed E-state index contributed by atoms with van der Waals surface area (Å²) in [6.45, 7) is 5.47. The fourth-order valence-corrected chi connectivity index (χ4v) is 2.96. The first kappa shape index (κ1) is 16.1. The zero-order chi connectivity index (χ0) is 18.5. The second-order valence-corrected chi connectivity index (χ2v) is 7.04. The molecule has 0 fully saturated rings. The molecule has 0 saturated carbocycles. The Morgan fingerprint density at radius 1 is 1.12 bits per heavy atom. The van der Waals surface area contributed by atoms with Gasteiger partial charge in [0.1, 0.15) is 11.2 Å². The van der Waals surface area contributed by atoms with E-state index in [4.69, 9.17) is 4.74 Å². The summed E-state index contributed by atoms with van der Waals surface area (Å²) in [5.41, 5.74) is 1.96. The summed E-state index contributed by atoms with van der Waals surface area (Å²) in [7, 11) is 0. The van der Waals surface area contributed by atoms with Gasteiger partial charge in [-0.3, -0.25) is 9.36 Å². The maximum atomic E-state index is 12.6. The Morgan fingerprint density at radius 3 is 2.69 bits per heavy atom. The SMILES string of the molecule is CC(C)(C)OC(=O)n1cccc1-c1cccc2nn3ccc(=O)[nH]c3c12. The van der Waals surface area contributed by atoms with Crippen LogP contribution in [0.1, 0.15) is 20.8 Å². The molecule has 0 aliphatic carbocycles. The summed E-state index contributed by atoms with van der Waals surface area (Å²) >= 11 is 0. The fraction of sp³-hybridized carbons (Fsp3) is 0.211. The van der Waals surface area contributed by atoms with Gasteiger partial charge in [0.05, 0.1) is 16.6 Å². The van der Waals surface area contributed by atoms with Gasteiger partial charge in [-0.2, -0.15) is 5.10 Å². The maximum Gasteiger partial charge on any atom is 0.418 e. The van der Waals surface area contributed by atoms with E-state index < -0.39 is 11.7 Å². The van der Waals surface area contributed by atoms with Crippen LogP contribution in [-0.4, -0.2) is 30.9 Å². The highest BCUT2D eigenvalue weighted by Crippen LogP contribution is 2.31. The molecular weight excluding hydrogens is 332 g/mol. The highest BCUT2D eigenvalue weighted by molar-refractivity contribution is 6.04. The number of ether oxygens (including phenoxy) is 1. The number of benzene rings is 1. The summed E-state index contributed by atoms with van der Waals surface area (Å²) < 4.78 is 8.57. The van der Waals surface area contributed by atoms with Crippen molar-refractivity contribution in [3.63, 3.8) is 0 Å². The van der Waals surface area contributed by atoms with Crippen molar-refractivity contribution in [2.45, 2.75) is 26.4 Å². The Bertz CT molecular complexity index is 1190. The molecule has 7 heteroatoms. The summed E-state index contributed by atoms with van der Waals surface area (Å²) in [5, 5.41) is 5.25. The second-order valence-electron chi connectivity index (χ2n) is 7.04. The van der Waals surface area contributed by atoms with E-state index in [-0.39, 0.29) is 5.56 Å². The number of nitrogens with one attached hydrogen (secondary N) is 1. The molecule has 0 aliphatic rings. The normalized spacial score (nSPS) is 12.0. The molecule has 0 amide bonds. The lowest BCUT2D eigenvalue weighted by Gasteiger charge is -2.20. The van der Waals surface area contributed by atoms with E-state index in [1.165, 1.54) is 10.6 Å². The molecule has 0 spiro atoms. The number of rotatable bonds is 1. The van der Waals surface area contributed by atoms with E-state index in [0.717, 1.165) is 16.5 Å². The molecule has 1 N–H and O–H groups in total. The smallest absolute Gasteiger partial charge is 0.418 e. The Hall–Kier alpha value is -3.35. The zero-order valence-corrected chi connectivity index (χ0v) is 14.7. The van der Waals surface area contributed by atoms with Crippen molar-refractivity contribution in [2.24, 2.45) is 0 Å². The molecule has 0 saturated heterocycles. The minimum absolute atomic E-state index is 0.211. The minimum atomic E-state index is -0.597. The minimum Gasteiger partial charge on any atom is -0.443 e. The van der Waals surface area contributed by atoms with Gasteiger partial charge in [0.2, 0.25) is 0 Å². The van der Waals surface area contributed by atoms with Crippen LogP contribution in [0.5, 0.6) is 0 Å². The van der Waals surface area contributed by atoms with E-state index in [0.29, 0.717) is 11.3 Å². The molecule has 4 aromatic rings. The van der Waals surface area contributed by atoms with Gasteiger partial charge in [-0.25, -0.2) is 9.31 Å². The van der Waals surface area contributed by atoms with Crippen LogP contribution in [-0.2, 0) is 4.74 Å². The van der Waals surface area contributed by atoms with Gasteiger partial charge < -0.3 is 9.72 Å².